The summed E-state index contributed by atoms with van der Waals surface area (Å²) in [6.45, 7) is 6.21. The predicted octanol–water partition coefficient (Wildman–Crippen LogP) is 1.69. The van der Waals surface area contributed by atoms with Gasteiger partial charge in [0.25, 0.3) is 5.91 Å². The smallest absolute Gasteiger partial charge is 0.323 e. The van der Waals surface area contributed by atoms with E-state index in [1.54, 1.807) is 11.3 Å². The Morgan fingerprint density at radius 3 is 2.74 bits per heavy atom. The zero-order valence-corrected chi connectivity index (χ0v) is 14.5. The fraction of sp³-hybridized carbons (Fsp3) is 0.688. The summed E-state index contributed by atoms with van der Waals surface area (Å²) in [5, 5.41) is 6.35. The Kier molecular flexibility index (Phi) is 4.68. The standard InChI is InChI=1S/C16H24N4O2S/c1-3-16(12-4-7-17-8-5-12)14(21)20(15(22)19-16)9-6-13-11(2)18-10-23-13/h10,12,17H,3-9H2,1-2H3,(H,19,22). The first kappa shape index (κ1) is 16.4. The van der Waals surface area contributed by atoms with Crippen molar-refractivity contribution in [3.8, 4) is 0 Å². The molecule has 1 aromatic heterocycles. The molecule has 3 rings (SSSR count). The third-order valence-corrected chi connectivity index (χ3v) is 6.20. The van der Waals surface area contributed by atoms with Crippen LogP contribution in [0.3, 0.4) is 0 Å². The molecule has 1 unspecified atom stereocenters. The van der Waals surface area contributed by atoms with E-state index in [1.807, 2.05) is 19.4 Å². The number of carbonyl (C=O) groups excluding carboxylic acids is 2. The van der Waals surface area contributed by atoms with Gasteiger partial charge < -0.3 is 10.6 Å². The molecule has 3 amide bonds. The van der Waals surface area contributed by atoms with Gasteiger partial charge in [0.15, 0.2) is 0 Å². The second-order valence-electron chi connectivity index (χ2n) is 6.35. The number of piperidine rings is 1. The maximum absolute atomic E-state index is 13.0. The molecule has 0 radical (unpaired) electrons. The lowest BCUT2D eigenvalue weighted by Gasteiger charge is -2.37. The van der Waals surface area contributed by atoms with Crippen LogP contribution in [0.5, 0.6) is 0 Å². The van der Waals surface area contributed by atoms with Gasteiger partial charge in [0.1, 0.15) is 5.54 Å². The summed E-state index contributed by atoms with van der Waals surface area (Å²) in [6, 6.07) is -0.238. The van der Waals surface area contributed by atoms with Gasteiger partial charge in [-0.3, -0.25) is 9.69 Å². The van der Waals surface area contributed by atoms with E-state index in [0.717, 1.165) is 36.5 Å². The largest absolute Gasteiger partial charge is 0.325 e. The van der Waals surface area contributed by atoms with Gasteiger partial charge in [-0.05, 0) is 45.2 Å². The second-order valence-corrected chi connectivity index (χ2v) is 7.29. The van der Waals surface area contributed by atoms with Crippen LogP contribution in [0.1, 0.15) is 36.8 Å². The minimum Gasteiger partial charge on any atom is -0.323 e. The topological polar surface area (TPSA) is 74.3 Å². The highest BCUT2D eigenvalue weighted by molar-refractivity contribution is 7.09. The van der Waals surface area contributed by atoms with Gasteiger partial charge in [-0.25, -0.2) is 9.78 Å². The normalized spacial score (nSPS) is 25.9. The van der Waals surface area contributed by atoms with E-state index in [9.17, 15) is 9.59 Å². The summed E-state index contributed by atoms with van der Waals surface area (Å²) in [5.41, 5.74) is 2.09. The van der Waals surface area contributed by atoms with Crippen molar-refractivity contribution in [2.24, 2.45) is 5.92 Å². The van der Waals surface area contributed by atoms with E-state index in [0.29, 0.717) is 19.4 Å². The Bertz CT molecular complexity index is 597. The van der Waals surface area contributed by atoms with Crippen molar-refractivity contribution in [3.63, 3.8) is 0 Å². The minimum absolute atomic E-state index is 0.0425. The number of aromatic nitrogens is 1. The number of carbonyl (C=O) groups is 2. The van der Waals surface area contributed by atoms with Crippen LogP contribution in [0.2, 0.25) is 0 Å². The number of urea groups is 1. The molecule has 0 saturated carbocycles. The number of aryl methyl sites for hydroxylation is 1. The molecule has 0 aromatic carbocycles. The molecule has 2 aliphatic heterocycles. The monoisotopic (exact) mass is 336 g/mol. The summed E-state index contributed by atoms with van der Waals surface area (Å²) in [4.78, 5) is 32.2. The van der Waals surface area contributed by atoms with Crippen LogP contribution in [-0.2, 0) is 11.2 Å². The van der Waals surface area contributed by atoms with Gasteiger partial charge in [0.05, 0.1) is 11.2 Å². The molecular weight excluding hydrogens is 312 g/mol. The third kappa shape index (κ3) is 2.87. The number of hydrogen-bond acceptors (Lipinski definition) is 5. The third-order valence-electron chi connectivity index (χ3n) is 5.20. The van der Waals surface area contributed by atoms with Crippen molar-refractivity contribution in [1.82, 2.24) is 20.5 Å². The second kappa shape index (κ2) is 6.57. The van der Waals surface area contributed by atoms with Gasteiger partial charge >= 0.3 is 6.03 Å². The van der Waals surface area contributed by atoms with Crippen molar-refractivity contribution in [1.29, 1.82) is 0 Å². The molecule has 23 heavy (non-hydrogen) atoms. The van der Waals surface area contributed by atoms with Crippen LogP contribution in [0.15, 0.2) is 5.51 Å². The molecule has 2 fully saturated rings. The maximum Gasteiger partial charge on any atom is 0.325 e. The Balaban J connectivity index is 1.74. The Hall–Kier alpha value is -1.47. The van der Waals surface area contributed by atoms with E-state index in [-0.39, 0.29) is 17.9 Å². The molecule has 7 heteroatoms. The van der Waals surface area contributed by atoms with Gasteiger partial charge in [0.2, 0.25) is 0 Å². The molecular formula is C16H24N4O2S. The van der Waals surface area contributed by atoms with Crippen LogP contribution in [0.25, 0.3) is 0 Å². The lowest BCUT2D eigenvalue weighted by molar-refractivity contribution is -0.133. The molecule has 2 saturated heterocycles. The van der Waals surface area contributed by atoms with Crippen LogP contribution in [-0.4, -0.2) is 47.0 Å². The molecule has 2 N–H and O–H groups in total. The van der Waals surface area contributed by atoms with E-state index in [2.05, 4.69) is 15.6 Å². The summed E-state index contributed by atoms with van der Waals surface area (Å²) < 4.78 is 0. The highest BCUT2D eigenvalue weighted by Crippen LogP contribution is 2.34. The van der Waals surface area contributed by atoms with E-state index < -0.39 is 5.54 Å². The Morgan fingerprint density at radius 1 is 1.39 bits per heavy atom. The van der Waals surface area contributed by atoms with Crippen molar-refractivity contribution >= 4 is 23.3 Å². The number of nitrogens with one attached hydrogen (secondary N) is 2. The number of nitrogens with zero attached hydrogens (tertiary/aromatic N) is 2. The lowest BCUT2D eigenvalue weighted by atomic mass is 9.76. The fourth-order valence-electron chi connectivity index (χ4n) is 3.75. The number of hydrogen-bond donors (Lipinski definition) is 2. The zero-order chi connectivity index (χ0) is 16.4. The fourth-order valence-corrected chi connectivity index (χ4v) is 4.52. The molecule has 1 atom stereocenters. The Morgan fingerprint density at radius 2 is 2.13 bits per heavy atom. The average Bonchev–Trinajstić information content (AvgIpc) is 3.08. The quantitative estimate of drug-likeness (QED) is 0.803. The van der Waals surface area contributed by atoms with Crippen LogP contribution in [0.4, 0.5) is 4.79 Å². The minimum atomic E-state index is -0.706. The van der Waals surface area contributed by atoms with E-state index >= 15 is 0 Å². The number of rotatable bonds is 5. The van der Waals surface area contributed by atoms with Gasteiger partial charge in [-0.1, -0.05) is 6.92 Å². The lowest BCUT2D eigenvalue weighted by Crippen LogP contribution is -2.55. The molecule has 0 spiro atoms. The number of thiazole rings is 1. The molecule has 0 aliphatic carbocycles. The molecule has 6 nitrogen and oxygen atoms in total. The van der Waals surface area contributed by atoms with Crippen LogP contribution in [0, 0.1) is 12.8 Å². The summed E-state index contributed by atoms with van der Waals surface area (Å²) in [5.74, 6) is 0.180. The van der Waals surface area contributed by atoms with Gasteiger partial charge in [0, 0.05) is 17.8 Å². The molecule has 0 bridgehead atoms. The summed E-state index contributed by atoms with van der Waals surface area (Å²) in [7, 11) is 0. The van der Waals surface area contributed by atoms with Crippen LogP contribution < -0.4 is 10.6 Å². The van der Waals surface area contributed by atoms with Crippen LogP contribution >= 0.6 is 11.3 Å². The highest BCUT2D eigenvalue weighted by atomic mass is 32.1. The molecule has 3 heterocycles. The van der Waals surface area contributed by atoms with E-state index in [1.165, 1.54) is 4.90 Å². The van der Waals surface area contributed by atoms with E-state index in [4.69, 9.17) is 0 Å². The maximum atomic E-state index is 13.0. The average molecular weight is 336 g/mol. The number of amides is 3. The summed E-state index contributed by atoms with van der Waals surface area (Å²) >= 11 is 1.58. The SMILES string of the molecule is CCC1(C2CCNCC2)NC(=O)N(CCc2scnc2C)C1=O. The summed E-state index contributed by atoms with van der Waals surface area (Å²) in [6.07, 6.45) is 3.20. The van der Waals surface area contributed by atoms with Crippen molar-refractivity contribution in [3.05, 3.63) is 16.1 Å². The predicted molar refractivity (Wildman–Crippen MR) is 89.4 cm³/mol. The molecule has 126 valence electrons. The first-order valence-electron chi connectivity index (χ1n) is 8.32. The Labute approximate surface area is 140 Å². The van der Waals surface area contributed by atoms with Gasteiger partial charge in [-0.2, -0.15) is 0 Å². The molecule has 2 aliphatic rings. The van der Waals surface area contributed by atoms with Crippen molar-refractivity contribution in [2.45, 2.75) is 45.1 Å². The first-order chi connectivity index (χ1) is 11.1. The van der Waals surface area contributed by atoms with Crippen molar-refractivity contribution in [2.75, 3.05) is 19.6 Å². The van der Waals surface area contributed by atoms with Crippen molar-refractivity contribution < 1.29 is 9.59 Å². The highest BCUT2D eigenvalue weighted by Gasteiger charge is 2.54. The van der Waals surface area contributed by atoms with Gasteiger partial charge in [-0.15, -0.1) is 11.3 Å². The number of imide groups is 1. The molecule has 1 aromatic rings. The first-order valence-corrected chi connectivity index (χ1v) is 9.20. The zero-order valence-electron chi connectivity index (χ0n) is 13.7.